The number of rotatable bonds is 8. The van der Waals surface area contributed by atoms with Crippen LogP contribution < -0.4 is 10.6 Å². The van der Waals surface area contributed by atoms with Gasteiger partial charge in [0.15, 0.2) is 0 Å². The van der Waals surface area contributed by atoms with Gasteiger partial charge in [-0.05, 0) is 37.1 Å². The zero-order valence-electron chi connectivity index (χ0n) is 14.7. The van der Waals surface area contributed by atoms with Crippen molar-refractivity contribution in [2.45, 2.75) is 33.4 Å². The van der Waals surface area contributed by atoms with Crippen LogP contribution in [0.3, 0.4) is 0 Å². The van der Waals surface area contributed by atoms with E-state index in [0.29, 0.717) is 13.2 Å². The van der Waals surface area contributed by atoms with E-state index in [1.54, 1.807) is 6.92 Å². The van der Waals surface area contributed by atoms with Gasteiger partial charge in [-0.15, -0.1) is 0 Å². The van der Waals surface area contributed by atoms with Gasteiger partial charge in [-0.1, -0.05) is 24.3 Å². The molecule has 0 atom stereocenters. The summed E-state index contributed by atoms with van der Waals surface area (Å²) >= 11 is 0. The molecule has 0 aliphatic rings. The first-order valence-corrected chi connectivity index (χ1v) is 8.46. The Kier molecular flexibility index (Phi) is 7.07. The largest absolute Gasteiger partial charge is 0.466 e. The van der Waals surface area contributed by atoms with Crippen molar-refractivity contribution in [3.05, 3.63) is 59.4 Å². The summed E-state index contributed by atoms with van der Waals surface area (Å²) in [5, 5.41) is 5.46. The molecule has 0 fully saturated rings. The highest BCUT2D eigenvalue weighted by atomic mass is 16.5. The van der Waals surface area contributed by atoms with Gasteiger partial charge in [0.2, 0.25) is 0 Å². The summed E-state index contributed by atoms with van der Waals surface area (Å²) in [5.74, 6) is -0.310. The third kappa shape index (κ3) is 5.99. The zero-order valence-corrected chi connectivity index (χ0v) is 14.7. The second-order valence-electron chi connectivity index (χ2n) is 5.72. The monoisotopic (exact) mass is 343 g/mol. The Morgan fingerprint density at radius 1 is 1.12 bits per heavy atom. The first-order valence-electron chi connectivity index (χ1n) is 8.46. The van der Waals surface area contributed by atoms with E-state index in [1.807, 2.05) is 30.5 Å². The fraction of sp³-hybridized carbons (Fsp3) is 0.368. The number of benzene rings is 1. The van der Waals surface area contributed by atoms with E-state index in [-0.39, 0.29) is 25.0 Å². The second-order valence-corrected chi connectivity index (χ2v) is 5.72. The van der Waals surface area contributed by atoms with Crippen LogP contribution in [0.4, 0.5) is 4.79 Å². The van der Waals surface area contributed by atoms with Crippen molar-refractivity contribution in [2.75, 3.05) is 13.2 Å². The summed E-state index contributed by atoms with van der Waals surface area (Å²) in [6.07, 6.45) is 2.17. The van der Waals surface area contributed by atoms with Crippen LogP contribution in [-0.4, -0.2) is 29.7 Å². The van der Waals surface area contributed by atoms with Crippen LogP contribution >= 0.6 is 0 Å². The van der Waals surface area contributed by atoms with Gasteiger partial charge in [-0.3, -0.25) is 4.79 Å². The Labute approximate surface area is 148 Å². The molecule has 134 valence electrons. The maximum absolute atomic E-state index is 11.8. The number of ether oxygens (including phenoxy) is 1. The molecule has 6 heteroatoms. The van der Waals surface area contributed by atoms with Gasteiger partial charge in [0.25, 0.3) is 0 Å². The zero-order chi connectivity index (χ0) is 18.1. The van der Waals surface area contributed by atoms with Crippen LogP contribution in [0.15, 0.2) is 42.6 Å². The number of carbonyl (C=O) groups excluding carboxylic acids is 2. The number of nitrogens with zero attached hydrogens (tertiary/aromatic N) is 1. The van der Waals surface area contributed by atoms with Crippen LogP contribution in [0.25, 0.3) is 0 Å². The quantitative estimate of drug-likeness (QED) is 0.724. The number of aromatic nitrogens is 1. The molecule has 25 heavy (non-hydrogen) atoms. The molecule has 1 heterocycles. The SMILES string of the molecule is CCOC(=O)CCNC(=O)NCc1cccn1Cc1ccccc1C. The number of amides is 2. The van der Waals surface area contributed by atoms with Crippen molar-refractivity contribution < 1.29 is 14.3 Å². The van der Waals surface area contributed by atoms with Crippen LogP contribution in [0.5, 0.6) is 0 Å². The lowest BCUT2D eigenvalue weighted by atomic mass is 10.1. The number of carbonyl (C=O) groups is 2. The molecule has 0 bridgehead atoms. The Hall–Kier alpha value is -2.76. The van der Waals surface area contributed by atoms with Crippen LogP contribution in [0, 0.1) is 6.92 Å². The lowest BCUT2D eigenvalue weighted by Crippen LogP contribution is -2.36. The molecule has 6 nitrogen and oxygen atoms in total. The van der Waals surface area contributed by atoms with Gasteiger partial charge < -0.3 is 19.9 Å². The number of hydrogen-bond donors (Lipinski definition) is 2. The van der Waals surface area contributed by atoms with E-state index < -0.39 is 0 Å². The minimum absolute atomic E-state index is 0.172. The topological polar surface area (TPSA) is 72.4 Å². The summed E-state index contributed by atoms with van der Waals surface area (Å²) in [6.45, 7) is 5.64. The Bertz CT molecular complexity index is 709. The number of nitrogens with one attached hydrogen (secondary N) is 2. The number of urea groups is 1. The molecule has 0 unspecified atom stereocenters. The molecular formula is C19H25N3O3. The molecular weight excluding hydrogens is 318 g/mol. The fourth-order valence-corrected chi connectivity index (χ4v) is 2.48. The van der Waals surface area contributed by atoms with Gasteiger partial charge in [0.05, 0.1) is 19.6 Å². The highest BCUT2D eigenvalue weighted by Gasteiger charge is 2.07. The Balaban J connectivity index is 1.80. The fourth-order valence-electron chi connectivity index (χ4n) is 2.48. The highest BCUT2D eigenvalue weighted by molar-refractivity contribution is 5.75. The van der Waals surface area contributed by atoms with Crippen molar-refractivity contribution in [3.63, 3.8) is 0 Å². The van der Waals surface area contributed by atoms with E-state index in [0.717, 1.165) is 12.2 Å². The smallest absolute Gasteiger partial charge is 0.315 e. The highest BCUT2D eigenvalue weighted by Crippen LogP contribution is 2.11. The summed E-state index contributed by atoms with van der Waals surface area (Å²) in [4.78, 5) is 23.0. The lowest BCUT2D eigenvalue weighted by molar-refractivity contribution is -0.142. The van der Waals surface area contributed by atoms with Crippen LogP contribution in [-0.2, 0) is 22.6 Å². The first kappa shape index (κ1) is 18.6. The van der Waals surface area contributed by atoms with Gasteiger partial charge in [0, 0.05) is 25.0 Å². The molecule has 0 radical (unpaired) electrons. The molecule has 1 aromatic carbocycles. The van der Waals surface area contributed by atoms with E-state index in [1.165, 1.54) is 11.1 Å². The molecule has 0 spiro atoms. The van der Waals surface area contributed by atoms with Gasteiger partial charge >= 0.3 is 12.0 Å². The van der Waals surface area contributed by atoms with Crippen LogP contribution in [0.2, 0.25) is 0 Å². The Morgan fingerprint density at radius 3 is 2.68 bits per heavy atom. The average Bonchev–Trinajstić information content (AvgIpc) is 3.02. The molecule has 2 amide bonds. The van der Waals surface area contributed by atoms with Gasteiger partial charge in [-0.25, -0.2) is 4.79 Å². The third-order valence-electron chi connectivity index (χ3n) is 3.88. The summed E-state index contributed by atoms with van der Waals surface area (Å²) in [5.41, 5.74) is 3.51. The second kappa shape index (κ2) is 9.52. The van der Waals surface area contributed by atoms with E-state index in [2.05, 4.69) is 34.3 Å². The molecule has 2 N–H and O–H groups in total. The number of aryl methyl sites for hydroxylation is 1. The van der Waals surface area contributed by atoms with Crippen molar-refractivity contribution in [3.8, 4) is 0 Å². The molecule has 0 saturated carbocycles. The van der Waals surface area contributed by atoms with E-state index in [9.17, 15) is 9.59 Å². The molecule has 1 aromatic heterocycles. The molecule has 2 aromatic rings. The van der Waals surface area contributed by atoms with Gasteiger partial charge in [0.1, 0.15) is 0 Å². The van der Waals surface area contributed by atoms with Gasteiger partial charge in [-0.2, -0.15) is 0 Å². The van der Waals surface area contributed by atoms with E-state index >= 15 is 0 Å². The first-order chi connectivity index (χ1) is 12.1. The molecule has 0 aliphatic carbocycles. The molecule has 0 aliphatic heterocycles. The summed E-state index contributed by atoms with van der Waals surface area (Å²) in [7, 11) is 0. The predicted molar refractivity (Wildman–Crippen MR) is 96.2 cm³/mol. The molecule has 2 rings (SSSR count). The van der Waals surface area contributed by atoms with Crippen molar-refractivity contribution in [2.24, 2.45) is 0 Å². The minimum atomic E-state index is -0.310. The van der Waals surface area contributed by atoms with Crippen molar-refractivity contribution >= 4 is 12.0 Å². The standard InChI is InChI=1S/C19H25N3O3/c1-3-25-18(23)10-11-20-19(24)21-13-17-9-6-12-22(17)14-16-8-5-4-7-15(16)2/h4-9,12H,3,10-11,13-14H2,1-2H3,(H2,20,21,24). The molecule has 0 saturated heterocycles. The third-order valence-corrected chi connectivity index (χ3v) is 3.88. The maximum atomic E-state index is 11.8. The lowest BCUT2D eigenvalue weighted by Gasteiger charge is -2.12. The van der Waals surface area contributed by atoms with Crippen LogP contribution in [0.1, 0.15) is 30.2 Å². The normalized spacial score (nSPS) is 10.3. The predicted octanol–water partition coefficient (Wildman–Crippen LogP) is 2.60. The van der Waals surface area contributed by atoms with E-state index in [4.69, 9.17) is 4.74 Å². The maximum Gasteiger partial charge on any atom is 0.315 e. The number of hydrogen-bond acceptors (Lipinski definition) is 3. The minimum Gasteiger partial charge on any atom is -0.466 e. The summed E-state index contributed by atoms with van der Waals surface area (Å²) < 4.78 is 6.92. The summed E-state index contributed by atoms with van der Waals surface area (Å²) in [6, 6.07) is 11.9. The Morgan fingerprint density at radius 2 is 1.92 bits per heavy atom. The average molecular weight is 343 g/mol. The van der Waals surface area contributed by atoms with Crippen molar-refractivity contribution in [1.82, 2.24) is 15.2 Å². The number of esters is 1. The van der Waals surface area contributed by atoms with Crippen molar-refractivity contribution in [1.29, 1.82) is 0 Å².